The average molecular weight is 328 g/mol. The van der Waals surface area contributed by atoms with Gasteiger partial charge in [-0.3, -0.25) is 0 Å². The lowest BCUT2D eigenvalue weighted by Gasteiger charge is -2.15. The molecule has 2 rings (SSSR count). The van der Waals surface area contributed by atoms with Gasteiger partial charge in [-0.15, -0.1) is 0 Å². The number of hydrogen-bond acceptors (Lipinski definition) is 3. The molecule has 0 aliphatic rings. The van der Waals surface area contributed by atoms with E-state index in [4.69, 9.17) is 23.2 Å². The van der Waals surface area contributed by atoms with Gasteiger partial charge in [-0.05, 0) is 30.2 Å². The highest BCUT2D eigenvalue weighted by atomic mass is 35.5. The molecule has 1 unspecified atom stereocenters. The van der Waals surface area contributed by atoms with E-state index < -0.39 is 17.6 Å². The second-order valence-corrected chi connectivity index (χ2v) is 4.89. The topological polar surface area (TPSA) is 49.6 Å². The summed E-state index contributed by atoms with van der Waals surface area (Å²) in [6.45, 7) is 1.77. The molecule has 21 heavy (non-hydrogen) atoms. The van der Waals surface area contributed by atoms with Crippen molar-refractivity contribution in [2.24, 2.45) is 0 Å². The third-order valence-electron chi connectivity index (χ3n) is 3.01. The Kier molecular flexibility index (Phi) is 4.71. The molecule has 7 heteroatoms. The summed E-state index contributed by atoms with van der Waals surface area (Å²) in [7, 11) is 0. The first kappa shape index (κ1) is 15.6. The van der Waals surface area contributed by atoms with E-state index in [0.717, 1.165) is 12.1 Å². The van der Waals surface area contributed by atoms with E-state index in [9.17, 15) is 14.0 Å². The van der Waals surface area contributed by atoms with Crippen LogP contribution in [0.4, 0.5) is 8.78 Å². The molecule has 1 heterocycles. The maximum absolute atomic E-state index is 13.9. The van der Waals surface area contributed by atoms with Crippen molar-refractivity contribution in [1.29, 1.82) is 5.26 Å². The Bertz CT molecular complexity index is 709. The van der Waals surface area contributed by atoms with Crippen LogP contribution in [0.3, 0.4) is 0 Å². The van der Waals surface area contributed by atoms with Crippen LogP contribution in [0, 0.1) is 23.0 Å². The number of aromatic nitrogens is 2. The van der Waals surface area contributed by atoms with E-state index in [1.807, 2.05) is 6.07 Å². The van der Waals surface area contributed by atoms with Gasteiger partial charge in [0.1, 0.15) is 22.7 Å². The fourth-order valence-electron chi connectivity index (χ4n) is 2.06. The molecule has 1 atom stereocenters. The number of nitrogens with zero attached hydrogens (tertiary/aromatic N) is 3. The van der Waals surface area contributed by atoms with Gasteiger partial charge in [-0.1, -0.05) is 24.6 Å². The van der Waals surface area contributed by atoms with Crippen molar-refractivity contribution in [2.75, 3.05) is 0 Å². The number of nitriles is 1. The van der Waals surface area contributed by atoms with E-state index >= 15 is 0 Å². The van der Waals surface area contributed by atoms with Crippen LogP contribution in [-0.2, 0) is 6.42 Å². The van der Waals surface area contributed by atoms with Gasteiger partial charge in [0, 0.05) is 11.1 Å². The zero-order valence-corrected chi connectivity index (χ0v) is 12.4. The van der Waals surface area contributed by atoms with E-state index in [0.29, 0.717) is 12.0 Å². The summed E-state index contributed by atoms with van der Waals surface area (Å²) in [4.78, 5) is 7.73. The van der Waals surface area contributed by atoms with Crippen molar-refractivity contribution < 1.29 is 8.78 Å². The minimum atomic E-state index is -1.25. The molecule has 1 aromatic carbocycles. The molecule has 0 radical (unpaired) electrons. The van der Waals surface area contributed by atoms with Crippen molar-refractivity contribution in [3.8, 4) is 6.07 Å². The van der Waals surface area contributed by atoms with Crippen molar-refractivity contribution in [3.63, 3.8) is 0 Å². The van der Waals surface area contributed by atoms with Gasteiger partial charge in [-0.25, -0.2) is 18.7 Å². The first-order valence-electron chi connectivity index (χ1n) is 6.04. The lowest BCUT2D eigenvalue weighted by Crippen LogP contribution is -2.11. The summed E-state index contributed by atoms with van der Waals surface area (Å²) in [6.07, 6.45) is 0.402. The third-order valence-corrected chi connectivity index (χ3v) is 3.49. The molecule has 0 saturated heterocycles. The van der Waals surface area contributed by atoms with Crippen LogP contribution >= 0.6 is 23.2 Å². The van der Waals surface area contributed by atoms with Crippen LogP contribution in [-0.4, -0.2) is 9.97 Å². The van der Waals surface area contributed by atoms with Gasteiger partial charge in [0.15, 0.2) is 0 Å². The van der Waals surface area contributed by atoms with Crippen LogP contribution in [0.5, 0.6) is 0 Å². The van der Waals surface area contributed by atoms with Gasteiger partial charge >= 0.3 is 0 Å². The summed E-state index contributed by atoms with van der Waals surface area (Å²) in [5.41, 5.74) is 0.185. The molecule has 0 saturated carbocycles. The molecular weight excluding hydrogens is 319 g/mol. The van der Waals surface area contributed by atoms with Crippen LogP contribution in [0.15, 0.2) is 18.2 Å². The van der Waals surface area contributed by atoms with Gasteiger partial charge in [0.2, 0.25) is 5.28 Å². The monoisotopic (exact) mass is 327 g/mol. The molecule has 0 amide bonds. The Balaban J connectivity index is 2.71. The minimum Gasteiger partial charge on any atom is -0.221 e. The predicted octanol–water partition coefficient (Wildman–Crippen LogP) is 4.28. The van der Waals surface area contributed by atoms with Crippen molar-refractivity contribution in [3.05, 3.63) is 57.1 Å². The maximum Gasteiger partial charge on any atom is 0.224 e. The summed E-state index contributed by atoms with van der Waals surface area (Å²) in [5, 5.41) is 9.25. The molecule has 2 aromatic rings. The molecule has 0 aliphatic heterocycles. The highest BCUT2D eigenvalue weighted by Crippen LogP contribution is 2.32. The number of hydrogen-bond donors (Lipinski definition) is 0. The average Bonchev–Trinajstić information content (AvgIpc) is 2.42. The molecule has 108 valence electrons. The zero-order valence-electron chi connectivity index (χ0n) is 10.9. The molecule has 1 aromatic heterocycles. The summed E-state index contributed by atoms with van der Waals surface area (Å²) in [5.74, 6) is -2.90. The fourth-order valence-corrected chi connectivity index (χ4v) is 2.59. The first-order valence-corrected chi connectivity index (χ1v) is 6.80. The van der Waals surface area contributed by atoms with Crippen LogP contribution in [0.2, 0.25) is 10.4 Å². The highest BCUT2D eigenvalue weighted by molar-refractivity contribution is 6.32. The predicted molar refractivity (Wildman–Crippen MR) is 75.2 cm³/mol. The number of benzene rings is 1. The summed E-state index contributed by atoms with van der Waals surface area (Å²) in [6, 6.07) is 5.25. The number of halogens is 4. The second kappa shape index (κ2) is 6.33. The molecule has 0 fully saturated rings. The smallest absolute Gasteiger partial charge is 0.221 e. The Labute approximate surface area is 130 Å². The van der Waals surface area contributed by atoms with E-state index in [2.05, 4.69) is 9.97 Å². The standard InChI is InChI=1S/C14H9Cl2F2N3/c1-2-7-12(20-14(16)21-13(7)15)8(6-19)11-9(17)4-3-5-10(11)18/h3-5,8H,2H2,1H3. The molecule has 0 aliphatic carbocycles. The second-order valence-electron chi connectivity index (χ2n) is 4.20. The molecule has 0 bridgehead atoms. The maximum atomic E-state index is 13.9. The zero-order chi connectivity index (χ0) is 15.6. The quantitative estimate of drug-likeness (QED) is 0.624. The summed E-state index contributed by atoms with van der Waals surface area (Å²) >= 11 is 11.7. The Morgan fingerprint density at radius 1 is 1.24 bits per heavy atom. The van der Waals surface area contributed by atoms with Gasteiger partial charge < -0.3 is 0 Å². The minimum absolute atomic E-state index is 0.0736. The molecule has 3 nitrogen and oxygen atoms in total. The Hall–Kier alpha value is -1.77. The van der Waals surface area contributed by atoms with Gasteiger partial charge in [-0.2, -0.15) is 5.26 Å². The summed E-state index contributed by atoms with van der Waals surface area (Å²) < 4.78 is 27.8. The molecule has 0 spiro atoms. The van der Waals surface area contributed by atoms with E-state index in [1.54, 1.807) is 6.92 Å². The largest absolute Gasteiger partial charge is 0.224 e. The molecule has 0 N–H and O–H groups in total. The van der Waals surface area contributed by atoms with Crippen molar-refractivity contribution >= 4 is 23.2 Å². The van der Waals surface area contributed by atoms with Crippen LogP contribution in [0.1, 0.15) is 29.7 Å². The lowest BCUT2D eigenvalue weighted by molar-refractivity contribution is 0.552. The first-order chi connectivity index (χ1) is 9.99. The van der Waals surface area contributed by atoms with E-state index in [1.165, 1.54) is 6.07 Å². The van der Waals surface area contributed by atoms with Crippen molar-refractivity contribution in [1.82, 2.24) is 9.97 Å². The Morgan fingerprint density at radius 3 is 2.38 bits per heavy atom. The SMILES string of the molecule is CCc1c(Cl)nc(Cl)nc1C(C#N)c1c(F)cccc1F. The highest BCUT2D eigenvalue weighted by Gasteiger charge is 2.27. The van der Waals surface area contributed by atoms with Crippen LogP contribution < -0.4 is 0 Å². The van der Waals surface area contributed by atoms with Gasteiger partial charge in [0.25, 0.3) is 0 Å². The Morgan fingerprint density at radius 2 is 1.86 bits per heavy atom. The fraction of sp³-hybridized carbons (Fsp3) is 0.214. The number of rotatable bonds is 3. The van der Waals surface area contributed by atoms with Gasteiger partial charge in [0.05, 0.1) is 11.8 Å². The lowest BCUT2D eigenvalue weighted by atomic mass is 9.92. The normalized spacial score (nSPS) is 12.0. The molecular formula is C14H9Cl2F2N3. The third kappa shape index (κ3) is 2.97. The van der Waals surface area contributed by atoms with Crippen LogP contribution in [0.25, 0.3) is 0 Å². The van der Waals surface area contributed by atoms with Crippen molar-refractivity contribution in [2.45, 2.75) is 19.3 Å². The van der Waals surface area contributed by atoms with E-state index in [-0.39, 0.29) is 21.7 Å².